The molecule has 1 unspecified atom stereocenters. The van der Waals surface area contributed by atoms with E-state index >= 15 is 0 Å². The fraction of sp³-hybridized carbons (Fsp3) is 0.143. The Morgan fingerprint density at radius 3 is 2.39 bits per heavy atom. The molecule has 3 nitrogen and oxygen atoms in total. The van der Waals surface area contributed by atoms with Gasteiger partial charge in [0.2, 0.25) is 0 Å². The highest BCUT2D eigenvalue weighted by Gasteiger charge is 2.16. The van der Waals surface area contributed by atoms with Crippen molar-refractivity contribution in [1.29, 1.82) is 0 Å². The lowest BCUT2D eigenvalue weighted by molar-refractivity contribution is 0.404. The number of halogens is 1. The fourth-order valence-electron chi connectivity index (χ4n) is 1.93. The molecule has 18 heavy (non-hydrogen) atoms. The van der Waals surface area contributed by atoms with E-state index in [4.69, 9.17) is 10.6 Å². The molecule has 0 aliphatic heterocycles. The van der Waals surface area contributed by atoms with E-state index in [-0.39, 0.29) is 6.04 Å². The van der Waals surface area contributed by atoms with Crippen LogP contribution in [-0.4, -0.2) is 7.11 Å². The first-order valence-corrected chi connectivity index (χ1v) is 6.68. The molecule has 1 atom stereocenters. The van der Waals surface area contributed by atoms with Crippen molar-refractivity contribution in [3.05, 3.63) is 63.2 Å². The van der Waals surface area contributed by atoms with E-state index in [1.54, 1.807) is 7.11 Å². The van der Waals surface area contributed by atoms with Crippen molar-refractivity contribution in [2.45, 2.75) is 6.04 Å². The zero-order valence-corrected chi connectivity index (χ0v) is 12.2. The van der Waals surface area contributed by atoms with Gasteiger partial charge in [-0.1, -0.05) is 30.3 Å². The number of ether oxygens (including phenoxy) is 1. The lowest BCUT2D eigenvalue weighted by Gasteiger charge is -2.19. The Morgan fingerprint density at radius 1 is 1.11 bits per heavy atom. The summed E-state index contributed by atoms with van der Waals surface area (Å²) < 4.78 is 6.58. The summed E-state index contributed by atoms with van der Waals surface area (Å²) in [7, 11) is 1.67. The van der Waals surface area contributed by atoms with Gasteiger partial charge < -0.3 is 4.74 Å². The van der Waals surface area contributed by atoms with Gasteiger partial charge in [0.1, 0.15) is 5.75 Å². The highest BCUT2D eigenvalue weighted by atomic mass is 127. The van der Waals surface area contributed by atoms with Crippen molar-refractivity contribution >= 4 is 22.6 Å². The minimum Gasteiger partial charge on any atom is -0.496 e. The molecule has 2 aromatic carbocycles. The lowest BCUT2D eigenvalue weighted by atomic mass is 9.98. The molecule has 0 saturated heterocycles. The molecular weight excluding hydrogens is 339 g/mol. The predicted molar refractivity (Wildman–Crippen MR) is 81.3 cm³/mol. The van der Waals surface area contributed by atoms with Crippen LogP contribution in [0.1, 0.15) is 17.2 Å². The predicted octanol–water partition coefficient (Wildman–Crippen LogP) is 2.85. The first kappa shape index (κ1) is 13.3. The van der Waals surface area contributed by atoms with Crippen LogP contribution in [0.3, 0.4) is 0 Å². The monoisotopic (exact) mass is 354 g/mol. The van der Waals surface area contributed by atoms with Crippen molar-refractivity contribution in [2.24, 2.45) is 5.84 Å². The van der Waals surface area contributed by atoms with Gasteiger partial charge in [0.05, 0.1) is 13.2 Å². The van der Waals surface area contributed by atoms with Gasteiger partial charge in [-0.2, -0.15) is 0 Å². The summed E-state index contributed by atoms with van der Waals surface area (Å²) in [5.74, 6) is 6.52. The molecule has 0 spiro atoms. The molecule has 0 bridgehead atoms. The van der Waals surface area contributed by atoms with E-state index in [1.165, 1.54) is 3.57 Å². The second-order valence-corrected chi connectivity index (χ2v) is 5.14. The number of hydrogen-bond donors (Lipinski definition) is 2. The molecule has 0 fully saturated rings. The van der Waals surface area contributed by atoms with Crippen molar-refractivity contribution in [1.82, 2.24) is 5.43 Å². The molecule has 0 radical (unpaired) electrons. The smallest absolute Gasteiger partial charge is 0.124 e. The molecule has 0 heterocycles. The zero-order valence-electron chi connectivity index (χ0n) is 10.1. The van der Waals surface area contributed by atoms with E-state index in [0.29, 0.717) is 0 Å². The van der Waals surface area contributed by atoms with Crippen LogP contribution in [0.2, 0.25) is 0 Å². The highest BCUT2D eigenvalue weighted by Crippen LogP contribution is 2.29. The van der Waals surface area contributed by atoms with Crippen molar-refractivity contribution in [3.8, 4) is 5.75 Å². The van der Waals surface area contributed by atoms with Crippen LogP contribution < -0.4 is 16.0 Å². The molecule has 0 amide bonds. The lowest BCUT2D eigenvalue weighted by Crippen LogP contribution is -2.29. The van der Waals surface area contributed by atoms with Gasteiger partial charge in [-0.3, -0.25) is 5.84 Å². The summed E-state index contributed by atoms with van der Waals surface area (Å²) in [6.07, 6.45) is 0. The minimum atomic E-state index is -0.0712. The maximum absolute atomic E-state index is 5.69. The molecule has 0 aliphatic rings. The summed E-state index contributed by atoms with van der Waals surface area (Å²) in [5.41, 5.74) is 4.99. The van der Waals surface area contributed by atoms with Crippen LogP contribution in [0.4, 0.5) is 0 Å². The van der Waals surface area contributed by atoms with E-state index in [1.807, 2.05) is 24.3 Å². The number of para-hydroxylation sites is 1. The van der Waals surface area contributed by atoms with Gasteiger partial charge in [0.15, 0.2) is 0 Å². The third-order valence-corrected chi connectivity index (χ3v) is 3.54. The molecule has 0 aliphatic carbocycles. The molecule has 2 aromatic rings. The van der Waals surface area contributed by atoms with Crippen LogP contribution in [0.5, 0.6) is 5.75 Å². The first-order chi connectivity index (χ1) is 8.76. The minimum absolute atomic E-state index is 0.0712. The van der Waals surface area contributed by atoms with Crippen LogP contribution >= 0.6 is 22.6 Å². The molecule has 0 saturated carbocycles. The molecular formula is C14H15IN2O. The van der Waals surface area contributed by atoms with Gasteiger partial charge in [-0.25, -0.2) is 5.43 Å². The number of methoxy groups -OCH3 is 1. The Morgan fingerprint density at radius 2 is 1.78 bits per heavy atom. The van der Waals surface area contributed by atoms with Crippen LogP contribution in [0, 0.1) is 3.57 Å². The molecule has 3 N–H and O–H groups in total. The average Bonchev–Trinajstić information content (AvgIpc) is 2.42. The number of hydrogen-bond acceptors (Lipinski definition) is 3. The van der Waals surface area contributed by atoms with Crippen LogP contribution in [0.25, 0.3) is 0 Å². The number of rotatable bonds is 4. The second-order valence-electron chi connectivity index (χ2n) is 3.89. The van der Waals surface area contributed by atoms with Crippen molar-refractivity contribution in [3.63, 3.8) is 0 Å². The summed E-state index contributed by atoms with van der Waals surface area (Å²) >= 11 is 2.28. The first-order valence-electron chi connectivity index (χ1n) is 5.60. The van der Waals surface area contributed by atoms with Crippen molar-refractivity contribution in [2.75, 3.05) is 7.11 Å². The third-order valence-electron chi connectivity index (χ3n) is 2.82. The van der Waals surface area contributed by atoms with E-state index in [0.717, 1.165) is 16.9 Å². The van der Waals surface area contributed by atoms with Crippen LogP contribution in [0.15, 0.2) is 48.5 Å². The van der Waals surface area contributed by atoms with Crippen LogP contribution in [-0.2, 0) is 0 Å². The van der Waals surface area contributed by atoms with E-state index in [2.05, 4.69) is 52.3 Å². The highest BCUT2D eigenvalue weighted by molar-refractivity contribution is 14.1. The maximum Gasteiger partial charge on any atom is 0.124 e. The van der Waals surface area contributed by atoms with E-state index < -0.39 is 0 Å². The average molecular weight is 354 g/mol. The normalized spacial score (nSPS) is 12.2. The van der Waals surface area contributed by atoms with E-state index in [9.17, 15) is 0 Å². The topological polar surface area (TPSA) is 47.3 Å². The maximum atomic E-state index is 5.69. The van der Waals surface area contributed by atoms with Gasteiger partial charge in [0, 0.05) is 9.13 Å². The van der Waals surface area contributed by atoms with Gasteiger partial charge in [0.25, 0.3) is 0 Å². The fourth-order valence-corrected chi connectivity index (χ4v) is 2.29. The molecule has 94 valence electrons. The molecule has 4 heteroatoms. The zero-order chi connectivity index (χ0) is 13.0. The second kappa shape index (κ2) is 6.17. The quantitative estimate of drug-likeness (QED) is 0.504. The standard InChI is InChI=1S/C14H15IN2O/c1-18-13-5-3-2-4-12(13)14(17-16)10-6-8-11(15)9-7-10/h2-9,14,17H,16H2,1H3. The number of benzene rings is 2. The number of nitrogens with two attached hydrogens (primary N) is 1. The van der Waals surface area contributed by atoms with Gasteiger partial charge >= 0.3 is 0 Å². The van der Waals surface area contributed by atoms with Gasteiger partial charge in [-0.15, -0.1) is 0 Å². The summed E-state index contributed by atoms with van der Waals surface area (Å²) in [5, 5.41) is 0. The van der Waals surface area contributed by atoms with Gasteiger partial charge in [-0.05, 0) is 46.4 Å². The summed E-state index contributed by atoms with van der Waals surface area (Å²) in [6.45, 7) is 0. The Balaban J connectivity index is 2.41. The Labute approximate surface area is 120 Å². The largest absolute Gasteiger partial charge is 0.496 e. The molecule has 2 rings (SSSR count). The van der Waals surface area contributed by atoms with Crippen molar-refractivity contribution < 1.29 is 4.74 Å². The number of hydrazine groups is 1. The third kappa shape index (κ3) is 2.82. The Hall–Kier alpha value is -1.11. The summed E-state index contributed by atoms with van der Waals surface area (Å²) in [4.78, 5) is 0. The molecule has 0 aromatic heterocycles. The Kier molecular flexibility index (Phi) is 4.57. The number of nitrogens with one attached hydrogen (secondary N) is 1. The Bertz CT molecular complexity index is 513. The summed E-state index contributed by atoms with van der Waals surface area (Å²) in [6, 6.07) is 16.1. The SMILES string of the molecule is COc1ccccc1C(NN)c1ccc(I)cc1.